The standard InChI is InChI=1S/C11H9NO2/c1-2-7-6-9-8(11(13)14)4-3-5-10(9)12-7/h2-6,12H,1H2,(H,13,14). The zero-order valence-electron chi connectivity index (χ0n) is 7.45. The highest BCUT2D eigenvalue weighted by Crippen LogP contribution is 2.20. The van der Waals surface area contributed by atoms with E-state index in [2.05, 4.69) is 11.6 Å². The summed E-state index contributed by atoms with van der Waals surface area (Å²) in [6.45, 7) is 3.62. The molecule has 0 unspecified atom stereocenters. The summed E-state index contributed by atoms with van der Waals surface area (Å²) < 4.78 is 0. The number of carbonyl (C=O) groups is 1. The van der Waals surface area contributed by atoms with Gasteiger partial charge in [-0.15, -0.1) is 0 Å². The second kappa shape index (κ2) is 3.03. The summed E-state index contributed by atoms with van der Waals surface area (Å²) in [6.07, 6.45) is 1.66. The van der Waals surface area contributed by atoms with Crippen LogP contribution in [-0.4, -0.2) is 16.1 Å². The summed E-state index contributed by atoms with van der Waals surface area (Å²) in [4.78, 5) is 13.9. The summed E-state index contributed by atoms with van der Waals surface area (Å²) in [5.41, 5.74) is 1.96. The molecule has 0 fully saturated rings. The van der Waals surface area contributed by atoms with Crippen molar-refractivity contribution in [2.45, 2.75) is 0 Å². The normalized spacial score (nSPS) is 10.3. The van der Waals surface area contributed by atoms with Crippen LogP contribution in [-0.2, 0) is 0 Å². The lowest BCUT2D eigenvalue weighted by Crippen LogP contribution is -1.95. The predicted octanol–water partition coefficient (Wildman–Crippen LogP) is 2.51. The highest BCUT2D eigenvalue weighted by molar-refractivity contribution is 6.03. The molecular weight excluding hydrogens is 178 g/mol. The van der Waals surface area contributed by atoms with Gasteiger partial charge in [0.05, 0.1) is 5.56 Å². The Morgan fingerprint density at radius 2 is 2.29 bits per heavy atom. The van der Waals surface area contributed by atoms with Crippen LogP contribution in [0.15, 0.2) is 30.8 Å². The molecule has 2 aromatic rings. The van der Waals surface area contributed by atoms with Gasteiger partial charge < -0.3 is 10.1 Å². The Balaban J connectivity index is 2.79. The van der Waals surface area contributed by atoms with Crippen molar-refractivity contribution >= 4 is 22.9 Å². The molecule has 1 aromatic carbocycles. The van der Waals surface area contributed by atoms with Crippen molar-refractivity contribution in [2.24, 2.45) is 0 Å². The molecule has 0 amide bonds. The van der Waals surface area contributed by atoms with E-state index < -0.39 is 5.97 Å². The van der Waals surface area contributed by atoms with E-state index in [1.54, 1.807) is 24.3 Å². The second-order valence-corrected chi connectivity index (χ2v) is 3.00. The van der Waals surface area contributed by atoms with E-state index in [0.29, 0.717) is 5.56 Å². The molecule has 1 heterocycles. The number of nitrogens with one attached hydrogen (secondary N) is 1. The number of fused-ring (bicyclic) bond motifs is 1. The predicted molar refractivity (Wildman–Crippen MR) is 55.3 cm³/mol. The zero-order chi connectivity index (χ0) is 10.1. The maximum atomic E-state index is 10.9. The van der Waals surface area contributed by atoms with Gasteiger partial charge in [0.25, 0.3) is 0 Å². The molecule has 2 rings (SSSR count). The first-order valence-electron chi connectivity index (χ1n) is 4.20. The minimum Gasteiger partial charge on any atom is -0.478 e. The van der Waals surface area contributed by atoms with Gasteiger partial charge in [0.2, 0.25) is 0 Å². The van der Waals surface area contributed by atoms with Crippen molar-refractivity contribution in [3.8, 4) is 0 Å². The van der Waals surface area contributed by atoms with Crippen LogP contribution in [0.25, 0.3) is 17.0 Å². The first kappa shape index (κ1) is 8.56. The third-order valence-electron chi connectivity index (χ3n) is 2.14. The van der Waals surface area contributed by atoms with Crippen molar-refractivity contribution < 1.29 is 9.90 Å². The molecule has 2 N–H and O–H groups in total. The van der Waals surface area contributed by atoms with Gasteiger partial charge in [-0.2, -0.15) is 0 Å². The fraction of sp³-hybridized carbons (Fsp3) is 0. The number of carboxylic acids is 1. The van der Waals surface area contributed by atoms with Crippen molar-refractivity contribution in [3.63, 3.8) is 0 Å². The summed E-state index contributed by atoms with van der Waals surface area (Å²) in [5.74, 6) is -0.912. The monoisotopic (exact) mass is 187 g/mol. The van der Waals surface area contributed by atoms with E-state index in [4.69, 9.17) is 5.11 Å². The van der Waals surface area contributed by atoms with Crippen molar-refractivity contribution in [1.29, 1.82) is 0 Å². The number of benzene rings is 1. The van der Waals surface area contributed by atoms with Crippen LogP contribution in [0, 0.1) is 0 Å². The lowest BCUT2D eigenvalue weighted by molar-refractivity contribution is 0.0699. The quantitative estimate of drug-likeness (QED) is 0.758. The van der Waals surface area contributed by atoms with Crippen molar-refractivity contribution in [2.75, 3.05) is 0 Å². The molecule has 0 atom stereocenters. The average Bonchev–Trinajstić information content (AvgIpc) is 2.59. The number of H-pyrrole nitrogens is 1. The summed E-state index contributed by atoms with van der Waals surface area (Å²) in [6, 6.07) is 6.93. The molecule has 0 spiro atoms. The Kier molecular flexibility index (Phi) is 1.85. The van der Waals surface area contributed by atoms with E-state index in [1.165, 1.54) is 0 Å². The Hall–Kier alpha value is -2.03. The Morgan fingerprint density at radius 1 is 1.50 bits per heavy atom. The van der Waals surface area contributed by atoms with Crippen LogP contribution in [0.1, 0.15) is 16.1 Å². The third-order valence-corrected chi connectivity index (χ3v) is 2.14. The molecule has 0 saturated heterocycles. The number of aromatic nitrogens is 1. The van der Waals surface area contributed by atoms with Gasteiger partial charge >= 0.3 is 5.97 Å². The fourth-order valence-corrected chi connectivity index (χ4v) is 1.47. The van der Waals surface area contributed by atoms with Crippen LogP contribution in [0.3, 0.4) is 0 Å². The lowest BCUT2D eigenvalue weighted by Gasteiger charge is -1.94. The minimum absolute atomic E-state index is 0.312. The van der Waals surface area contributed by atoms with Gasteiger partial charge in [-0.25, -0.2) is 4.79 Å². The highest BCUT2D eigenvalue weighted by atomic mass is 16.4. The number of hydrogen-bond acceptors (Lipinski definition) is 1. The van der Waals surface area contributed by atoms with E-state index in [9.17, 15) is 4.79 Å². The Labute approximate surface area is 80.7 Å². The topological polar surface area (TPSA) is 53.1 Å². The molecule has 70 valence electrons. The van der Waals surface area contributed by atoms with Crippen molar-refractivity contribution in [3.05, 3.63) is 42.1 Å². The number of rotatable bonds is 2. The smallest absolute Gasteiger partial charge is 0.336 e. The third kappa shape index (κ3) is 1.19. The SMILES string of the molecule is C=Cc1cc2c(C(=O)O)cccc2[nH]1. The van der Waals surface area contributed by atoms with E-state index in [-0.39, 0.29) is 0 Å². The molecule has 0 saturated carbocycles. The molecule has 0 aliphatic rings. The molecule has 3 heteroatoms. The van der Waals surface area contributed by atoms with Crippen molar-refractivity contribution in [1.82, 2.24) is 4.98 Å². The van der Waals surface area contributed by atoms with Gasteiger partial charge in [0.15, 0.2) is 0 Å². The zero-order valence-corrected chi connectivity index (χ0v) is 7.45. The minimum atomic E-state index is -0.912. The van der Waals surface area contributed by atoms with Crippen LogP contribution in [0.5, 0.6) is 0 Å². The second-order valence-electron chi connectivity index (χ2n) is 3.00. The molecule has 0 bridgehead atoms. The molecule has 3 nitrogen and oxygen atoms in total. The van der Waals surface area contributed by atoms with Crippen LogP contribution in [0.4, 0.5) is 0 Å². The molecule has 0 aliphatic carbocycles. The van der Waals surface area contributed by atoms with Crippen LogP contribution >= 0.6 is 0 Å². The van der Waals surface area contributed by atoms with E-state index >= 15 is 0 Å². The molecule has 0 aliphatic heterocycles. The van der Waals surface area contributed by atoms with E-state index in [0.717, 1.165) is 16.6 Å². The number of aromatic amines is 1. The van der Waals surface area contributed by atoms with Gasteiger partial charge in [-0.05, 0) is 24.3 Å². The van der Waals surface area contributed by atoms with Gasteiger partial charge in [0.1, 0.15) is 0 Å². The maximum Gasteiger partial charge on any atom is 0.336 e. The first-order valence-corrected chi connectivity index (χ1v) is 4.20. The van der Waals surface area contributed by atoms with Crippen LogP contribution in [0.2, 0.25) is 0 Å². The largest absolute Gasteiger partial charge is 0.478 e. The van der Waals surface area contributed by atoms with Crippen LogP contribution < -0.4 is 0 Å². The summed E-state index contributed by atoms with van der Waals surface area (Å²) in [7, 11) is 0. The molecule has 1 aromatic heterocycles. The summed E-state index contributed by atoms with van der Waals surface area (Å²) >= 11 is 0. The first-order chi connectivity index (χ1) is 6.72. The molecule has 14 heavy (non-hydrogen) atoms. The van der Waals surface area contributed by atoms with E-state index in [1.807, 2.05) is 6.07 Å². The van der Waals surface area contributed by atoms with Gasteiger partial charge in [-0.3, -0.25) is 0 Å². The Bertz CT molecular complexity index is 511. The highest BCUT2D eigenvalue weighted by Gasteiger charge is 2.09. The average molecular weight is 187 g/mol. The number of aromatic carboxylic acids is 1. The van der Waals surface area contributed by atoms with Gasteiger partial charge in [0, 0.05) is 16.6 Å². The lowest BCUT2D eigenvalue weighted by atomic mass is 10.1. The fourth-order valence-electron chi connectivity index (χ4n) is 1.47. The number of hydrogen-bond donors (Lipinski definition) is 2. The van der Waals surface area contributed by atoms with Gasteiger partial charge in [-0.1, -0.05) is 12.6 Å². The molecular formula is C11H9NO2. The maximum absolute atomic E-state index is 10.9. The Morgan fingerprint density at radius 3 is 2.93 bits per heavy atom. The summed E-state index contributed by atoms with van der Waals surface area (Å²) in [5, 5.41) is 9.64. The molecule has 0 radical (unpaired) electrons. The number of carboxylic acid groups (broad SMARTS) is 1.